The first-order chi connectivity index (χ1) is 10.4. The van der Waals surface area contributed by atoms with Crippen molar-refractivity contribution in [2.75, 3.05) is 6.61 Å². The second-order valence-corrected chi connectivity index (χ2v) is 6.07. The van der Waals surface area contributed by atoms with Crippen LogP contribution in [0.4, 0.5) is 13.6 Å². The van der Waals surface area contributed by atoms with Crippen LogP contribution in [0.1, 0.15) is 44.7 Å². The summed E-state index contributed by atoms with van der Waals surface area (Å²) < 4.78 is 26.8. The summed E-state index contributed by atoms with van der Waals surface area (Å²) in [5.74, 6) is -1.06. The number of rotatable bonds is 6. The molecule has 6 heteroatoms. The van der Waals surface area contributed by atoms with E-state index in [1.807, 2.05) is 0 Å². The lowest BCUT2D eigenvalue weighted by Crippen LogP contribution is -2.54. The number of amides is 2. The van der Waals surface area contributed by atoms with Gasteiger partial charge < -0.3 is 15.7 Å². The van der Waals surface area contributed by atoms with Gasteiger partial charge in [0.1, 0.15) is 11.6 Å². The molecule has 1 aromatic carbocycles. The Bertz CT molecular complexity index is 549. The maximum absolute atomic E-state index is 13.8. The van der Waals surface area contributed by atoms with E-state index in [4.69, 9.17) is 0 Å². The van der Waals surface area contributed by atoms with Gasteiger partial charge in [0.05, 0.1) is 18.2 Å². The molecule has 0 bridgehead atoms. The van der Waals surface area contributed by atoms with Crippen molar-refractivity contribution in [2.24, 2.45) is 5.92 Å². The van der Waals surface area contributed by atoms with E-state index in [-0.39, 0.29) is 18.1 Å². The molecule has 2 unspecified atom stereocenters. The van der Waals surface area contributed by atoms with Gasteiger partial charge in [-0.15, -0.1) is 0 Å². The van der Waals surface area contributed by atoms with Crippen molar-refractivity contribution >= 4 is 6.03 Å². The van der Waals surface area contributed by atoms with Gasteiger partial charge in [0, 0.05) is 11.6 Å². The third-order valence-corrected chi connectivity index (χ3v) is 4.26. The van der Waals surface area contributed by atoms with Crippen LogP contribution >= 0.6 is 0 Å². The first kappa shape index (κ1) is 16.7. The summed E-state index contributed by atoms with van der Waals surface area (Å²) in [6.45, 7) is 3.45. The Hall–Kier alpha value is -1.69. The van der Waals surface area contributed by atoms with Gasteiger partial charge in [-0.25, -0.2) is 13.6 Å². The van der Waals surface area contributed by atoms with Crippen molar-refractivity contribution in [2.45, 2.75) is 44.7 Å². The van der Waals surface area contributed by atoms with E-state index in [0.29, 0.717) is 6.42 Å². The molecule has 0 radical (unpaired) electrons. The van der Waals surface area contributed by atoms with Crippen LogP contribution in [0.2, 0.25) is 0 Å². The highest BCUT2D eigenvalue weighted by Crippen LogP contribution is 2.39. The molecular weight excluding hydrogens is 290 g/mol. The minimum atomic E-state index is -0.681. The number of nitrogens with one attached hydrogen (secondary N) is 2. The second kappa shape index (κ2) is 6.60. The van der Waals surface area contributed by atoms with Crippen LogP contribution in [0.15, 0.2) is 18.2 Å². The third kappa shape index (κ3) is 3.74. The van der Waals surface area contributed by atoms with Crippen molar-refractivity contribution in [1.29, 1.82) is 0 Å². The van der Waals surface area contributed by atoms with Crippen LogP contribution in [0, 0.1) is 17.6 Å². The summed E-state index contributed by atoms with van der Waals surface area (Å²) >= 11 is 0. The maximum atomic E-state index is 13.8. The Kier molecular flexibility index (Phi) is 5.01. The Morgan fingerprint density at radius 3 is 2.64 bits per heavy atom. The summed E-state index contributed by atoms with van der Waals surface area (Å²) in [6.07, 6.45) is 2.41. The van der Waals surface area contributed by atoms with Crippen LogP contribution in [0.5, 0.6) is 0 Å². The Morgan fingerprint density at radius 1 is 1.45 bits per heavy atom. The average molecular weight is 312 g/mol. The van der Waals surface area contributed by atoms with E-state index < -0.39 is 29.2 Å². The lowest BCUT2D eigenvalue weighted by Gasteiger charge is -2.30. The topological polar surface area (TPSA) is 61.4 Å². The molecule has 0 heterocycles. The maximum Gasteiger partial charge on any atom is 0.315 e. The molecule has 122 valence electrons. The predicted molar refractivity (Wildman–Crippen MR) is 79.3 cm³/mol. The van der Waals surface area contributed by atoms with Crippen LogP contribution in [-0.4, -0.2) is 23.3 Å². The molecule has 1 aromatic rings. The second-order valence-electron chi connectivity index (χ2n) is 6.07. The van der Waals surface area contributed by atoms with E-state index in [1.165, 1.54) is 12.1 Å². The van der Waals surface area contributed by atoms with Crippen LogP contribution in [0.25, 0.3) is 0 Å². The lowest BCUT2D eigenvalue weighted by atomic mass is 9.97. The molecule has 4 nitrogen and oxygen atoms in total. The smallest absolute Gasteiger partial charge is 0.315 e. The number of hydrogen-bond acceptors (Lipinski definition) is 2. The fourth-order valence-corrected chi connectivity index (χ4v) is 2.63. The molecule has 0 saturated heterocycles. The van der Waals surface area contributed by atoms with Gasteiger partial charge in [0.2, 0.25) is 0 Å². The minimum Gasteiger partial charge on any atom is -0.394 e. The molecule has 0 aromatic heterocycles. The Balaban J connectivity index is 2.04. The first-order valence-corrected chi connectivity index (χ1v) is 7.54. The predicted octanol–water partition coefficient (Wildman–Crippen LogP) is 2.88. The molecule has 22 heavy (non-hydrogen) atoms. The molecule has 2 atom stereocenters. The number of aliphatic hydroxyl groups is 1. The zero-order valence-electron chi connectivity index (χ0n) is 12.8. The number of aliphatic hydroxyl groups excluding tert-OH is 1. The zero-order valence-corrected chi connectivity index (χ0v) is 12.8. The first-order valence-electron chi connectivity index (χ1n) is 7.54. The van der Waals surface area contributed by atoms with Crippen molar-refractivity contribution < 1.29 is 18.7 Å². The average Bonchev–Trinajstić information content (AvgIpc) is 3.30. The van der Waals surface area contributed by atoms with Gasteiger partial charge in [-0.1, -0.05) is 13.0 Å². The number of halogens is 2. The third-order valence-electron chi connectivity index (χ3n) is 4.26. The summed E-state index contributed by atoms with van der Waals surface area (Å²) in [4.78, 5) is 12.1. The zero-order chi connectivity index (χ0) is 16.3. The van der Waals surface area contributed by atoms with Gasteiger partial charge >= 0.3 is 6.03 Å². The Morgan fingerprint density at radius 2 is 2.14 bits per heavy atom. The largest absolute Gasteiger partial charge is 0.394 e. The highest BCUT2D eigenvalue weighted by Gasteiger charge is 2.42. The van der Waals surface area contributed by atoms with Gasteiger partial charge in [-0.05, 0) is 38.2 Å². The molecular formula is C16H22F2N2O2. The molecule has 2 rings (SSSR count). The monoisotopic (exact) mass is 312 g/mol. The molecule has 1 fully saturated rings. The Labute approximate surface area is 128 Å². The van der Waals surface area contributed by atoms with E-state index in [0.717, 1.165) is 18.9 Å². The molecule has 1 aliphatic rings. The summed E-state index contributed by atoms with van der Waals surface area (Å²) in [6, 6.07) is 2.30. The fourth-order valence-electron chi connectivity index (χ4n) is 2.63. The van der Waals surface area contributed by atoms with Gasteiger partial charge in [0.15, 0.2) is 0 Å². The van der Waals surface area contributed by atoms with Gasteiger partial charge in [-0.3, -0.25) is 0 Å². The number of carbonyl (C=O) groups excluding carboxylic acids is 1. The highest BCUT2D eigenvalue weighted by molar-refractivity contribution is 5.75. The number of urea groups is 1. The number of benzene rings is 1. The summed E-state index contributed by atoms with van der Waals surface area (Å²) in [5.41, 5.74) is -0.417. The van der Waals surface area contributed by atoms with E-state index in [1.54, 1.807) is 13.8 Å². The normalized spacial score (nSPS) is 18.4. The molecule has 0 spiro atoms. The quantitative estimate of drug-likeness (QED) is 0.756. The molecule has 0 aliphatic heterocycles. The lowest BCUT2D eigenvalue weighted by molar-refractivity contribution is 0.154. The van der Waals surface area contributed by atoms with E-state index in [2.05, 4.69) is 10.6 Å². The van der Waals surface area contributed by atoms with Crippen LogP contribution in [-0.2, 0) is 0 Å². The van der Waals surface area contributed by atoms with Crippen LogP contribution in [0.3, 0.4) is 0 Å². The van der Waals surface area contributed by atoms with Gasteiger partial charge in [0.25, 0.3) is 0 Å². The molecule has 1 aliphatic carbocycles. The summed E-state index contributed by atoms with van der Waals surface area (Å²) in [5, 5.41) is 14.9. The molecule has 2 amide bonds. The number of hydrogen-bond donors (Lipinski definition) is 3. The van der Waals surface area contributed by atoms with Crippen LogP contribution < -0.4 is 10.6 Å². The summed E-state index contributed by atoms with van der Waals surface area (Å²) in [7, 11) is 0. The number of carbonyl (C=O) groups is 1. The van der Waals surface area contributed by atoms with Crippen molar-refractivity contribution in [3.63, 3.8) is 0 Å². The van der Waals surface area contributed by atoms with Crippen molar-refractivity contribution in [1.82, 2.24) is 10.6 Å². The van der Waals surface area contributed by atoms with E-state index in [9.17, 15) is 18.7 Å². The SMILES string of the molecule is CCC(NC(=O)NC(C)(CO)C1CC1)c1ccc(F)cc1F. The minimum absolute atomic E-state index is 0.146. The molecule has 3 N–H and O–H groups in total. The highest BCUT2D eigenvalue weighted by atomic mass is 19.1. The van der Waals surface area contributed by atoms with Crippen molar-refractivity contribution in [3.05, 3.63) is 35.4 Å². The fraction of sp³-hybridized carbons (Fsp3) is 0.562. The molecule has 1 saturated carbocycles. The van der Waals surface area contributed by atoms with E-state index >= 15 is 0 Å². The standard InChI is InChI=1S/C16H22F2N2O2/c1-3-14(12-7-6-11(17)8-13(12)18)19-15(22)20-16(2,9-21)10-4-5-10/h6-8,10,14,21H,3-5,9H2,1-2H3,(H2,19,20,22). The van der Waals surface area contributed by atoms with Gasteiger partial charge in [-0.2, -0.15) is 0 Å². The van der Waals surface area contributed by atoms with Crippen molar-refractivity contribution in [3.8, 4) is 0 Å².